The van der Waals surface area contributed by atoms with E-state index >= 15 is 0 Å². The van der Waals surface area contributed by atoms with Gasteiger partial charge in [-0.15, -0.1) is 0 Å². The van der Waals surface area contributed by atoms with Crippen LogP contribution in [0.3, 0.4) is 0 Å². The maximum absolute atomic E-state index is 4.71. The van der Waals surface area contributed by atoms with Crippen LogP contribution in [-0.2, 0) is 0 Å². The summed E-state index contributed by atoms with van der Waals surface area (Å²) < 4.78 is 0. The van der Waals surface area contributed by atoms with Gasteiger partial charge in [0.1, 0.15) is 5.82 Å². The Bertz CT molecular complexity index is 634. The van der Waals surface area contributed by atoms with E-state index in [1.165, 1.54) is 5.56 Å². The highest BCUT2D eigenvalue weighted by Gasteiger charge is 2.13. The first-order valence-electron chi connectivity index (χ1n) is 7.16. The number of allylic oxidation sites excluding steroid dienone is 1. The molecule has 3 heteroatoms. The Balaban J connectivity index is 2.39. The van der Waals surface area contributed by atoms with Crippen molar-refractivity contribution in [3.63, 3.8) is 0 Å². The molecule has 0 spiro atoms. The van der Waals surface area contributed by atoms with Gasteiger partial charge in [0.15, 0.2) is 0 Å². The van der Waals surface area contributed by atoms with Crippen LogP contribution in [0.2, 0.25) is 0 Å². The van der Waals surface area contributed by atoms with Gasteiger partial charge in [0, 0.05) is 21.6 Å². The molecule has 0 bridgehead atoms. The number of hydrogen-bond donors (Lipinski definition) is 1. The number of nitrogens with one attached hydrogen (secondary N) is 1. The molecule has 0 saturated heterocycles. The smallest absolute Gasteiger partial charge is 0.134 e. The molecule has 0 aromatic heterocycles. The van der Waals surface area contributed by atoms with Crippen LogP contribution in [-0.4, -0.2) is 5.71 Å². The predicted octanol–water partition coefficient (Wildman–Crippen LogP) is 5.25. The Kier molecular flexibility index (Phi) is 5.07. The van der Waals surface area contributed by atoms with Crippen molar-refractivity contribution >= 4 is 23.2 Å². The summed E-state index contributed by atoms with van der Waals surface area (Å²) in [7, 11) is 0. The first kappa shape index (κ1) is 15.6. The zero-order valence-electron chi connectivity index (χ0n) is 13.2. The van der Waals surface area contributed by atoms with Gasteiger partial charge in [-0.25, -0.2) is 4.99 Å². The van der Waals surface area contributed by atoms with E-state index in [0.717, 1.165) is 39.7 Å². The van der Waals surface area contributed by atoms with Crippen LogP contribution in [0.15, 0.2) is 57.5 Å². The molecular weight excluding hydrogens is 276 g/mol. The minimum atomic E-state index is 0.899. The van der Waals surface area contributed by atoms with Gasteiger partial charge in [-0.05, 0) is 32.8 Å². The van der Waals surface area contributed by atoms with Crippen molar-refractivity contribution in [2.45, 2.75) is 34.1 Å². The van der Waals surface area contributed by atoms with Crippen LogP contribution in [0.4, 0.5) is 0 Å². The van der Waals surface area contributed by atoms with E-state index in [1.54, 1.807) is 11.8 Å². The second kappa shape index (κ2) is 6.81. The van der Waals surface area contributed by atoms with E-state index in [9.17, 15) is 0 Å². The van der Waals surface area contributed by atoms with Crippen molar-refractivity contribution in [2.24, 2.45) is 4.99 Å². The highest BCUT2D eigenvalue weighted by atomic mass is 32.2. The number of rotatable bonds is 3. The van der Waals surface area contributed by atoms with Gasteiger partial charge in [0.2, 0.25) is 0 Å². The van der Waals surface area contributed by atoms with Crippen LogP contribution in [0.1, 0.15) is 38.3 Å². The minimum Gasteiger partial charge on any atom is -0.339 e. The van der Waals surface area contributed by atoms with Crippen LogP contribution in [0.5, 0.6) is 0 Å². The third-order valence-corrected chi connectivity index (χ3v) is 4.47. The third kappa shape index (κ3) is 3.88. The zero-order valence-corrected chi connectivity index (χ0v) is 14.0. The van der Waals surface area contributed by atoms with Gasteiger partial charge >= 0.3 is 0 Å². The van der Waals surface area contributed by atoms with Crippen molar-refractivity contribution in [1.29, 1.82) is 0 Å². The van der Waals surface area contributed by atoms with E-state index in [4.69, 9.17) is 4.99 Å². The number of hydrogen-bond acceptors (Lipinski definition) is 3. The molecule has 110 valence electrons. The van der Waals surface area contributed by atoms with Crippen molar-refractivity contribution in [3.05, 3.63) is 63.7 Å². The summed E-state index contributed by atoms with van der Waals surface area (Å²) in [5.41, 5.74) is 5.71. The minimum absolute atomic E-state index is 0.899. The lowest BCUT2D eigenvalue weighted by Crippen LogP contribution is -2.12. The number of aliphatic imine (C=N–C) groups is 1. The largest absolute Gasteiger partial charge is 0.339 e. The van der Waals surface area contributed by atoms with E-state index in [2.05, 4.69) is 69.3 Å². The van der Waals surface area contributed by atoms with Crippen molar-refractivity contribution < 1.29 is 0 Å². The molecule has 1 aromatic rings. The molecule has 0 aliphatic carbocycles. The lowest BCUT2D eigenvalue weighted by atomic mass is 10.1. The Morgan fingerprint density at radius 3 is 2.52 bits per heavy atom. The SMILES string of the molecule is C=C1SC=C(c2ccc(C)cc2)NC(/N=C(/C)CC)=C1C. The molecule has 0 fully saturated rings. The Labute approximate surface area is 131 Å². The summed E-state index contributed by atoms with van der Waals surface area (Å²) in [5.74, 6) is 0.899. The van der Waals surface area contributed by atoms with Gasteiger partial charge in [0.05, 0.1) is 5.70 Å². The maximum atomic E-state index is 4.71. The molecule has 0 amide bonds. The summed E-state index contributed by atoms with van der Waals surface area (Å²) in [4.78, 5) is 5.74. The van der Waals surface area contributed by atoms with Crippen LogP contribution in [0, 0.1) is 6.92 Å². The second-order valence-electron chi connectivity index (χ2n) is 5.24. The van der Waals surface area contributed by atoms with Crippen LogP contribution < -0.4 is 5.32 Å². The molecule has 0 radical (unpaired) electrons. The van der Waals surface area contributed by atoms with Crippen molar-refractivity contribution in [3.8, 4) is 0 Å². The number of nitrogens with zero attached hydrogens (tertiary/aromatic N) is 1. The first-order chi connectivity index (χ1) is 10.0. The Hall–Kier alpha value is -1.74. The fourth-order valence-electron chi connectivity index (χ4n) is 1.86. The van der Waals surface area contributed by atoms with E-state index in [0.29, 0.717) is 0 Å². The molecule has 1 aromatic carbocycles. The number of thioether (sulfide) groups is 1. The van der Waals surface area contributed by atoms with E-state index in [1.807, 2.05) is 0 Å². The molecule has 2 nitrogen and oxygen atoms in total. The Morgan fingerprint density at radius 2 is 1.90 bits per heavy atom. The van der Waals surface area contributed by atoms with Gasteiger partial charge in [-0.3, -0.25) is 0 Å². The molecule has 0 atom stereocenters. The molecule has 1 heterocycles. The summed E-state index contributed by atoms with van der Waals surface area (Å²) in [6.45, 7) is 12.5. The topological polar surface area (TPSA) is 24.4 Å². The van der Waals surface area contributed by atoms with Gasteiger partial charge in [0.25, 0.3) is 0 Å². The van der Waals surface area contributed by atoms with Crippen molar-refractivity contribution in [2.75, 3.05) is 0 Å². The molecule has 2 rings (SSSR count). The molecular formula is C18H22N2S. The standard InChI is InChI=1S/C18H22N2S/c1-6-13(3)19-18-14(4)15(5)21-11-17(20-18)16-9-7-12(2)8-10-16/h7-11,20H,5-6H2,1-4H3/b19-13-. The highest BCUT2D eigenvalue weighted by molar-refractivity contribution is 8.06. The van der Waals surface area contributed by atoms with Crippen molar-refractivity contribution in [1.82, 2.24) is 5.32 Å². The molecule has 1 N–H and O–H groups in total. The van der Waals surface area contributed by atoms with Gasteiger partial charge in [-0.1, -0.05) is 55.1 Å². The molecule has 1 aliphatic heterocycles. The first-order valence-corrected chi connectivity index (χ1v) is 8.04. The molecule has 0 unspecified atom stereocenters. The quantitative estimate of drug-likeness (QED) is 0.771. The van der Waals surface area contributed by atoms with E-state index in [-0.39, 0.29) is 0 Å². The normalized spacial score (nSPS) is 16.5. The number of benzene rings is 1. The molecule has 0 saturated carbocycles. The predicted molar refractivity (Wildman–Crippen MR) is 95.1 cm³/mol. The van der Waals surface area contributed by atoms with E-state index < -0.39 is 0 Å². The maximum Gasteiger partial charge on any atom is 0.134 e. The van der Waals surface area contributed by atoms with Crippen LogP contribution in [0.25, 0.3) is 5.70 Å². The average Bonchev–Trinajstić information content (AvgIpc) is 2.62. The third-order valence-electron chi connectivity index (χ3n) is 3.52. The molecule has 21 heavy (non-hydrogen) atoms. The summed E-state index contributed by atoms with van der Waals surface area (Å²) in [5, 5.41) is 5.58. The summed E-state index contributed by atoms with van der Waals surface area (Å²) in [6, 6.07) is 8.51. The number of aryl methyl sites for hydroxylation is 1. The Morgan fingerprint density at radius 1 is 1.24 bits per heavy atom. The highest BCUT2D eigenvalue weighted by Crippen LogP contribution is 2.32. The average molecular weight is 298 g/mol. The monoisotopic (exact) mass is 298 g/mol. The fraction of sp³-hybridized carbons (Fsp3) is 0.278. The zero-order chi connectivity index (χ0) is 15.4. The second-order valence-corrected chi connectivity index (χ2v) is 6.20. The lowest BCUT2D eigenvalue weighted by Gasteiger charge is -2.12. The van der Waals surface area contributed by atoms with Gasteiger partial charge in [-0.2, -0.15) is 0 Å². The summed E-state index contributed by atoms with van der Waals surface area (Å²) in [6.07, 6.45) is 0.946. The van der Waals surface area contributed by atoms with Crippen LogP contribution >= 0.6 is 11.8 Å². The lowest BCUT2D eigenvalue weighted by molar-refractivity contribution is 1.01. The molecule has 1 aliphatic rings. The summed E-state index contributed by atoms with van der Waals surface area (Å²) >= 11 is 1.65. The van der Waals surface area contributed by atoms with Gasteiger partial charge < -0.3 is 5.32 Å². The fourth-order valence-corrected chi connectivity index (χ4v) is 2.58.